The van der Waals surface area contributed by atoms with Gasteiger partial charge in [0.25, 0.3) is 5.91 Å². The number of benzene rings is 2. The van der Waals surface area contributed by atoms with Crippen LogP contribution in [0.15, 0.2) is 48.5 Å². The van der Waals surface area contributed by atoms with Crippen molar-refractivity contribution in [2.45, 2.75) is 39.3 Å². The Labute approximate surface area is 143 Å². The number of para-hydroxylation sites is 2. The first kappa shape index (κ1) is 17.9. The molecule has 0 radical (unpaired) electrons. The molecule has 0 aromatic heterocycles. The van der Waals surface area contributed by atoms with Crippen molar-refractivity contribution in [3.05, 3.63) is 59.7 Å². The lowest BCUT2D eigenvalue weighted by molar-refractivity contribution is -0.127. The molecular formula is C20H25NO3. The van der Waals surface area contributed by atoms with Gasteiger partial charge < -0.3 is 14.8 Å². The number of aryl methyl sites for hydroxylation is 1. The van der Waals surface area contributed by atoms with Gasteiger partial charge in [-0.3, -0.25) is 4.79 Å². The molecule has 1 N–H and O–H groups in total. The third-order valence-corrected chi connectivity index (χ3v) is 3.99. The third-order valence-electron chi connectivity index (χ3n) is 3.99. The Kier molecular flexibility index (Phi) is 6.24. The van der Waals surface area contributed by atoms with E-state index >= 15 is 0 Å². The Morgan fingerprint density at radius 3 is 2.33 bits per heavy atom. The zero-order chi connectivity index (χ0) is 17.5. The van der Waals surface area contributed by atoms with Gasteiger partial charge in [-0.05, 0) is 38.0 Å². The first-order valence-electron chi connectivity index (χ1n) is 8.24. The summed E-state index contributed by atoms with van der Waals surface area (Å²) in [5.74, 6) is 1.36. The van der Waals surface area contributed by atoms with Crippen LogP contribution < -0.4 is 14.8 Å². The molecule has 0 spiro atoms. The van der Waals surface area contributed by atoms with Gasteiger partial charge in [-0.2, -0.15) is 0 Å². The highest BCUT2D eigenvalue weighted by atomic mass is 16.5. The summed E-state index contributed by atoms with van der Waals surface area (Å²) in [5, 5.41) is 2.98. The maximum atomic E-state index is 12.5. The largest absolute Gasteiger partial charge is 0.496 e. The molecule has 2 rings (SSSR count). The summed E-state index contributed by atoms with van der Waals surface area (Å²) in [6, 6.07) is 15.3. The number of nitrogens with one attached hydrogen (secondary N) is 1. The van der Waals surface area contributed by atoms with Crippen LogP contribution in [0.25, 0.3) is 0 Å². The van der Waals surface area contributed by atoms with Crippen LogP contribution in [0.5, 0.6) is 11.5 Å². The Balaban J connectivity index is 2.03. The topological polar surface area (TPSA) is 47.6 Å². The molecule has 4 nitrogen and oxygen atoms in total. The Morgan fingerprint density at radius 2 is 1.67 bits per heavy atom. The maximum absolute atomic E-state index is 12.5. The fourth-order valence-electron chi connectivity index (χ4n) is 2.59. The van der Waals surface area contributed by atoms with Crippen molar-refractivity contribution >= 4 is 5.91 Å². The second-order valence-corrected chi connectivity index (χ2v) is 5.69. The van der Waals surface area contributed by atoms with Crippen molar-refractivity contribution in [2.75, 3.05) is 7.11 Å². The SMILES string of the molecule is CCc1ccccc1O[C@@H](C)C(=O)N[C@@H](C)c1ccccc1OC. The molecule has 0 fully saturated rings. The van der Waals surface area contributed by atoms with E-state index in [1.54, 1.807) is 14.0 Å². The first-order chi connectivity index (χ1) is 11.6. The molecule has 2 aromatic rings. The van der Waals surface area contributed by atoms with Crippen LogP contribution in [0.2, 0.25) is 0 Å². The van der Waals surface area contributed by atoms with Gasteiger partial charge in [-0.1, -0.05) is 43.3 Å². The predicted octanol–water partition coefficient (Wildman–Crippen LogP) is 3.90. The van der Waals surface area contributed by atoms with Crippen molar-refractivity contribution < 1.29 is 14.3 Å². The van der Waals surface area contributed by atoms with Crippen LogP contribution in [-0.2, 0) is 11.2 Å². The van der Waals surface area contributed by atoms with Gasteiger partial charge in [-0.15, -0.1) is 0 Å². The van der Waals surface area contributed by atoms with Gasteiger partial charge in [0, 0.05) is 5.56 Å². The molecule has 0 heterocycles. The lowest BCUT2D eigenvalue weighted by Gasteiger charge is -2.21. The number of ether oxygens (including phenoxy) is 2. The molecule has 0 saturated carbocycles. The lowest BCUT2D eigenvalue weighted by atomic mass is 10.1. The summed E-state index contributed by atoms with van der Waals surface area (Å²) in [5.41, 5.74) is 2.03. The van der Waals surface area contributed by atoms with Crippen LogP contribution in [-0.4, -0.2) is 19.1 Å². The van der Waals surface area contributed by atoms with E-state index in [-0.39, 0.29) is 11.9 Å². The minimum Gasteiger partial charge on any atom is -0.496 e. The smallest absolute Gasteiger partial charge is 0.261 e. The first-order valence-corrected chi connectivity index (χ1v) is 8.24. The van der Waals surface area contributed by atoms with Gasteiger partial charge in [0.1, 0.15) is 11.5 Å². The van der Waals surface area contributed by atoms with E-state index in [1.807, 2.05) is 55.5 Å². The van der Waals surface area contributed by atoms with E-state index in [0.29, 0.717) is 0 Å². The minimum absolute atomic E-state index is 0.153. The Bertz CT molecular complexity index is 684. The molecule has 0 saturated heterocycles. The summed E-state index contributed by atoms with van der Waals surface area (Å²) in [6.45, 7) is 5.76. The fraction of sp³-hybridized carbons (Fsp3) is 0.350. The van der Waals surface area contributed by atoms with Crippen LogP contribution in [0.4, 0.5) is 0 Å². The fourth-order valence-corrected chi connectivity index (χ4v) is 2.59. The molecule has 0 aliphatic carbocycles. The number of hydrogen-bond donors (Lipinski definition) is 1. The zero-order valence-electron chi connectivity index (χ0n) is 14.7. The maximum Gasteiger partial charge on any atom is 0.261 e. The molecule has 24 heavy (non-hydrogen) atoms. The summed E-state index contributed by atoms with van der Waals surface area (Å²) < 4.78 is 11.2. The van der Waals surface area contributed by atoms with E-state index in [1.165, 1.54) is 0 Å². The van der Waals surface area contributed by atoms with E-state index in [2.05, 4.69) is 12.2 Å². The van der Waals surface area contributed by atoms with Crippen LogP contribution in [0.1, 0.15) is 37.9 Å². The molecule has 0 unspecified atom stereocenters. The van der Waals surface area contributed by atoms with Crippen LogP contribution >= 0.6 is 0 Å². The molecule has 0 aliphatic rings. The van der Waals surface area contributed by atoms with E-state index in [9.17, 15) is 4.79 Å². The highest BCUT2D eigenvalue weighted by Crippen LogP contribution is 2.25. The number of methoxy groups -OCH3 is 1. The second-order valence-electron chi connectivity index (χ2n) is 5.69. The molecule has 2 atom stereocenters. The number of carbonyl (C=O) groups is 1. The van der Waals surface area contributed by atoms with Crippen molar-refractivity contribution in [1.29, 1.82) is 0 Å². The lowest BCUT2D eigenvalue weighted by Crippen LogP contribution is -2.38. The molecule has 1 amide bonds. The normalized spacial score (nSPS) is 13.0. The van der Waals surface area contributed by atoms with E-state index in [4.69, 9.17) is 9.47 Å². The van der Waals surface area contributed by atoms with Crippen LogP contribution in [0, 0.1) is 0 Å². The zero-order valence-corrected chi connectivity index (χ0v) is 14.7. The highest BCUT2D eigenvalue weighted by molar-refractivity contribution is 5.81. The number of hydrogen-bond acceptors (Lipinski definition) is 3. The van der Waals surface area contributed by atoms with Crippen molar-refractivity contribution in [2.24, 2.45) is 0 Å². The predicted molar refractivity (Wildman–Crippen MR) is 95.5 cm³/mol. The average Bonchev–Trinajstić information content (AvgIpc) is 2.61. The monoisotopic (exact) mass is 327 g/mol. The summed E-state index contributed by atoms with van der Waals surface area (Å²) in [7, 11) is 1.63. The number of carbonyl (C=O) groups excluding carboxylic acids is 1. The molecule has 0 aliphatic heterocycles. The third kappa shape index (κ3) is 4.28. The summed E-state index contributed by atoms with van der Waals surface area (Å²) >= 11 is 0. The minimum atomic E-state index is -0.574. The van der Waals surface area contributed by atoms with Crippen molar-refractivity contribution in [3.63, 3.8) is 0 Å². The van der Waals surface area contributed by atoms with Gasteiger partial charge >= 0.3 is 0 Å². The van der Waals surface area contributed by atoms with Crippen molar-refractivity contribution in [1.82, 2.24) is 5.32 Å². The molecular weight excluding hydrogens is 302 g/mol. The highest BCUT2D eigenvalue weighted by Gasteiger charge is 2.20. The average molecular weight is 327 g/mol. The van der Waals surface area contributed by atoms with Gasteiger partial charge in [0.2, 0.25) is 0 Å². The van der Waals surface area contributed by atoms with E-state index in [0.717, 1.165) is 29.0 Å². The molecule has 4 heteroatoms. The quantitative estimate of drug-likeness (QED) is 0.839. The van der Waals surface area contributed by atoms with E-state index < -0.39 is 6.10 Å². The Morgan fingerprint density at radius 1 is 1.04 bits per heavy atom. The number of amides is 1. The van der Waals surface area contributed by atoms with Crippen LogP contribution in [0.3, 0.4) is 0 Å². The number of rotatable bonds is 7. The van der Waals surface area contributed by atoms with Gasteiger partial charge in [-0.25, -0.2) is 0 Å². The molecule has 2 aromatic carbocycles. The van der Waals surface area contributed by atoms with Gasteiger partial charge in [0.15, 0.2) is 6.10 Å². The standard InChI is InChI=1S/C20H25NO3/c1-5-16-10-6-8-12-18(16)24-15(3)20(22)21-14(2)17-11-7-9-13-19(17)23-4/h6-15H,5H2,1-4H3,(H,21,22)/t14-,15-/m0/s1. The summed E-state index contributed by atoms with van der Waals surface area (Å²) in [6.07, 6.45) is 0.289. The molecule has 128 valence electrons. The van der Waals surface area contributed by atoms with Gasteiger partial charge in [0.05, 0.1) is 13.2 Å². The Hall–Kier alpha value is -2.49. The molecule has 0 bridgehead atoms. The van der Waals surface area contributed by atoms with Crippen molar-refractivity contribution in [3.8, 4) is 11.5 Å². The summed E-state index contributed by atoms with van der Waals surface area (Å²) in [4.78, 5) is 12.5. The second kappa shape index (κ2) is 8.39.